The van der Waals surface area contributed by atoms with Gasteiger partial charge >= 0.3 is 0 Å². The fraction of sp³-hybridized carbons (Fsp3) is 0.467. The minimum atomic E-state index is -3.10. The van der Waals surface area contributed by atoms with E-state index in [9.17, 15) is 12.8 Å². The lowest BCUT2D eigenvalue weighted by molar-refractivity contribution is 0.321. The Labute approximate surface area is 124 Å². The zero-order chi connectivity index (χ0) is 15.0. The highest BCUT2D eigenvalue weighted by Gasteiger charge is 2.28. The van der Waals surface area contributed by atoms with E-state index in [0.717, 1.165) is 29.3 Å². The third-order valence-corrected chi connectivity index (χ3v) is 6.21. The van der Waals surface area contributed by atoms with Crippen LogP contribution in [-0.2, 0) is 10.0 Å². The SMILES string of the molecule is CCS(=O)(=O)N1CCC(c2c[nH]c3ccc(F)cc23)CC1. The van der Waals surface area contributed by atoms with Crippen LogP contribution in [0.15, 0.2) is 24.4 Å². The number of aromatic nitrogens is 1. The molecule has 0 bridgehead atoms. The Morgan fingerprint density at radius 1 is 1.33 bits per heavy atom. The molecule has 3 rings (SSSR count). The van der Waals surface area contributed by atoms with Gasteiger partial charge in [0.25, 0.3) is 0 Å². The van der Waals surface area contributed by atoms with Crippen LogP contribution in [0.25, 0.3) is 10.9 Å². The molecule has 21 heavy (non-hydrogen) atoms. The second kappa shape index (κ2) is 5.42. The lowest BCUT2D eigenvalue weighted by Crippen LogP contribution is -2.38. The predicted octanol–water partition coefficient (Wildman–Crippen LogP) is 2.84. The van der Waals surface area contributed by atoms with Crippen molar-refractivity contribution in [1.29, 1.82) is 0 Å². The summed E-state index contributed by atoms with van der Waals surface area (Å²) in [7, 11) is -3.10. The molecule has 1 aromatic carbocycles. The number of H-pyrrole nitrogens is 1. The first kappa shape index (κ1) is 14.5. The lowest BCUT2D eigenvalue weighted by atomic mass is 9.90. The zero-order valence-corrected chi connectivity index (χ0v) is 12.8. The van der Waals surface area contributed by atoms with E-state index in [1.165, 1.54) is 6.07 Å². The number of halogens is 1. The number of piperidine rings is 1. The molecule has 1 aromatic heterocycles. The minimum Gasteiger partial charge on any atom is -0.361 e. The quantitative estimate of drug-likeness (QED) is 0.948. The van der Waals surface area contributed by atoms with Gasteiger partial charge in [-0.1, -0.05) is 0 Å². The maximum Gasteiger partial charge on any atom is 0.213 e. The lowest BCUT2D eigenvalue weighted by Gasteiger charge is -2.30. The van der Waals surface area contributed by atoms with Gasteiger partial charge in [0.05, 0.1) is 5.75 Å². The number of nitrogens with one attached hydrogen (secondary N) is 1. The van der Waals surface area contributed by atoms with Gasteiger partial charge in [0, 0.05) is 30.2 Å². The molecule has 0 aliphatic carbocycles. The number of sulfonamides is 1. The van der Waals surface area contributed by atoms with E-state index < -0.39 is 10.0 Å². The summed E-state index contributed by atoms with van der Waals surface area (Å²) in [5.41, 5.74) is 2.02. The average molecular weight is 310 g/mol. The molecule has 1 fully saturated rings. The van der Waals surface area contributed by atoms with Gasteiger partial charge in [0.2, 0.25) is 10.0 Å². The third kappa shape index (κ3) is 2.70. The normalized spacial score (nSPS) is 18.4. The molecule has 0 saturated carbocycles. The molecule has 1 aliphatic heterocycles. The standard InChI is InChI=1S/C15H19FN2O2S/c1-2-21(19,20)18-7-5-11(6-8-18)14-10-17-15-4-3-12(16)9-13(14)15/h3-4,9-11,17H,2,5-8H2,1H3. The molecule has 1 N–H and O–H groups in total. The highest BCUT2D eigenvalue weighted by atomic mass is 32.2. The van der Waals surface area contributed by atoms with Crippen LogP contribution in [0.3, 0.4) is 0 Å². The first-order valence-electron chi connectivity index (χ1n) is 7.25. The van der Waals surface area contributed by atoms with Crippen molar-refractivity contribution in [3.05, 3.63) is 35.8 Å². The van der Waals surface area contributed by atoms with Gasteiger partial charge in [-0.2, -0.15) is 0 Å². The number of rotatable bonds is 3. The number of hydrogen-bond donors (Lipinski definition) is 1. The molecule has 0 atom stereocenters. The number of aromatic amines is 1. The predicted molar refractivity (Wildman–Crippen MR) is 81.3 cm³/mol. The fourth-order valence-corrected chi connectivity index (χ4v) is 4.21. The molecule has 114 valence electrons. The molecule has 0 amide bonds. The Hall–Kier alpha value is -1.40. The summed E-state index contributed by atoms with van der Waals surface area (Å²) in [6.45, 7) is 2.76. The molecule has 2 heterocycles. The topological polar surface area (TPSA) is 53.2 Å². The smallest absolute Gasteiger partial charge is 0.213 e. The Kier molecular flexibility index (Phi) is 3.75. The fourth-order valence-electron chi connectivity index (χ4n) is 3.08. The van der Waals surface area contributed by atoms with E-state index in [0.29, 0.717) is 13.1 Å². The van der Waals surface area contributed by atoms with Gasteiger partial charge < -0.3 is 4.98 Å². The molecule has 4 nitrogen and oxygen atoms in total. The summed E-state index contributed by atoms with van der Waals surface area (Å²) in [5, 5.41) is 0.909. The highest BCUT2D eigenvalue weighted by molar-refractivity contribution is 7.89. The molecule has 0 radical (unpaired) electrons. The van der Waals surface area contributed by atoms with Crippen molar-refractivity contribution in [2.24, 2.45) is 0 Å². The zero-order valence-electron chi connectivity index (χ0n) is 12.0. The van der Waals surface area contributed by atoms with E-state index in [4.69, 9.17) is 0 Å². The van der Waals surface area contributed by atoms with Crippen LogP contribution in [-0.4, -0.2) is 36.5 Å². The Bertz CT molecular complexity index is 746. The monoisotopic (exact) mass is 310 g/mol. The number of benzene rings is 1. The van der Waals surface area contributed by atoms with Crippen molar-refractivity contribution in [2.45, 2.75) is 25.7 Å². The maximum atomic E-state index is 13.4. The van der Waals surface area contributed by atoms with E-state index in [-0.39, 0.29) is 17.5 Å². The van der Waals surface area contributed by atoms with Crippen molar-refractivity contribution in [3.63, 3.8) is 0 Å². The van der Waals surface area contributed by atoms with Crippen LogP contribution in [0.1, 0.15) is 31.2 Å². The third-order valence-electron chi connectivity index (χ3n) is 4.33. The van der Waals surface area contributed by atoms with E-state index in [1.807, 2.05) is 6.20 Å². The summed E-state index contributed by atoms with van der Waals surface area (Å²) >= 11 is 0. The van der Waals surface area contributed by atoms with Gasteiger partial charge in [-0.15, -0.1) is 0 Å². The molecule has 2 aromatic rings. The van der Waals surface area contributed by atoms with E-state index >= 15 is 0 Å². The molecule has 0 spiro atoms. The minimum absolute atomic E-state index is 0.149. The first-order valence-corrected chi connectivity index (χ1v) is 8.86. The maximum absolute atomic E-state index is 13.4. The van der Waals surface area contributed by atoms with Crippen LogP contribution >= 0.6 is 0 Å². The second-order valence-electron chi connectivity index (χ2n) is 5.51. The summed E-state index contributed by atoms with van der Waals surface area (Å²) in [6.07, 6.45) is 3.49. The summed E-state index contributed by atoms with van der Waals surface area (Å²) in [6, 6.07) is 4.74. The van der Waals surface area contributed by atoms with E-state index in [1.54, 1.807) is 23.4 Å². The van der Waals surface area contributed by atoms with Crippen LogP contribution in [0.5, 0.6) is 0 Å². The largest absolute Gasteiger partial charge is 0.361 e. The second-order valence-corrected chi connectivity index (χ2v) is 7.77. The molecular formula is C15H19FN2O2S. The summed E-state index contributed by atoms with van der Waals surface area (Å²) < 4.78 is 38.7. The summed E-state index contributed by atoms with van der Waals surface area (Å²) in [5.74, 6) is 0.189. The molecular weight excluding hydrogens is 291 g/mol. The van der Waals surface area contributed by atoms with Crippen LogP contribution in [0, 0.1) is 5.82 Å². The van der Waals surface area contributed by atoms with Crippen molar-refractivity contribution in [1.82, 2.24) is 9.29 Å². The van der Waals surface area contributed by atoms with Crippen molar-refractivity contribution in [2.75, 3.05) is 18.8 Å². The Balaban J connectivity index is 1.81. The summed E-state index contributed by atoms with van der Waals surface area (Å²) in [4.78, 5) is 3.17. The Morgan fingerprint density at radius 2 is 2.05 bits per heavy atom. The van der Waals surface area contributed by atoms with Gasteiger partial charge in [-0.3, -0.25) is 0 Å². The average Bonchev–Trinajstić information content (AvgIpc) is 2.90. The first-order chi connectivity index (χ1) is 10.0. The van der Waals surface area contributed by atoms with Crippen molar-refractivity contribution >= 4 is 20.9 Å². The van der Waals surface area contributed by atoms with Gasteiger partial charge in [0.15, 0.2) is 0 Å². The van der Waals surface area contributed by atoms with Crippen LogP contribution < -0.4 is 0 Å². The number of fused-ring (bicyclic) bond motifs is 1. The van der Waals surface area contributed by atoms with Crippen LogP contribution in [0.4, 0.5) is 4.39 Å². The van der Waals surface area contributed by atoms with Crippen LogP contribution in [0.2, 0.25) is 0 Å². The molecule has 6 heteroatoms. The molecule has 1 saturated heterocycles. The van der Waals surface area contributed by atoms with Gasteiger partial charge in [-0.05, 0) is 49.4 Å². The highest BCUT2D eigenvalue weighted by Crippen LogP contribution is 2.34. The van der Waals surface area contributed by atoms with Gasteiger partial charge in [0.1, 0.15) is 5.82 Å². The molecule has 0 unspecified atom stereocenters. The van der Waals surface area contributed by atoms with E-state index in [2.05, 4.69) is 4.98 Å². The van der Waals surface area contributed by atoms with Gasteiger partial charge in [-0.25, -0.2) is 17.1 Å². The molecule has 1 aliphatic rings. The van der Waals surface area contributed by atoms with Crippen molar-refractivity contribution < 1.29 is 12.8 Å². The van der Waals surface area contributed by atoms with Crippen molar-refractivity contribution in [3.8, 4) is 0 Å². The number of nitrogens with zero attached hydrogens (tertiary/aromatic N) is 1. The number of hydrogen-bond acceptors (Lipinski definition) is 2. The Morgan fingerprint density at radius 3 is 2.71 bits per heavy atom.